The molecule has 2 aliphatic rings. The van der Waals surface area contributed by atoms with Gasteiger partial charge in [0.15, 0.2) is 0 Å². The number of carbonyl (C=O) groups is 2. The fraction of sp³-hybridized carbons (Fsp3) is 0.478. The van der Waals surface area contributed by atoms with Crippen LogP contribution in [0.2, 0.25) is 0 Å². The second-order valence-corrected chi connectivity index (χ2v) is 9.28. The van der Waals surface area contributed by atoms with E-state index in [0.717, 1.165) is 51.0 Å². The van der Waals surface area contributed by atoms with Gasteiger partial charge in [-0.3, -0.25) is 25.3 Å². The molecule has 1 unspecified atom stereocenters. The van der Waals surface area contributed by atoms with Crippen LogP contribution in [0.3, 0.4) is 0 Å². The molecule has 0 radical (unpaired) electrons. The molecule has 160 valence electrons. The Labute approximate surface area is 182 Å². The molecule has 1 saturated heterocycles. The maximum atomic E-state index is 12.5. The molecule has 7 heteroatoms. The first-order valence-electron chi connectivity index (χ1n) is 10.8. The molecule has 2 amide bonds. The van der Waals surface area contributed by atoms with Crippen molar-refractivity contribution in [2.45, 2.75) is 32.6 Å². The van der Waals surface area contributed by atoms with Gasteiger partial charge in [-0.05, 0) is 42.9 Å². The molecule has 0 spiro atoms. The van der Waals surface area contributed by atoms with Gasteiger partial charge < -0.3 is 4.90 Å². The van der Waals surface area contributed by atoms with Crippen molar-refractivity contribution in [3.63, 3.8) is 0 Å². The summed E-state index contributed by atoms with van der Waals surface area (Å²) in [6, 6.07) is 10.4. The third-order valence-corrected chi connectivity index (χ3v) is 7.16. The first kappa shape index (κ1) is 20.9. The van der Waals surface area contributed by atoms with E-state index in [1.165, 1.54) is 16.1 Å². The van der Waals surface area contributed by atoms with Gasteiger partial charge >= 0.3 is 0 Å². The number of hydrogen-bond acceptors (Lipinski definition) is 5. The Bertz CT molecular complexity index is 875. The van der Waals surface area contributed by atoms with Crippen molar-refractivity contribution < 1.29 is 9.59 Å². The van der Waals surface area contributed by atoms with Crippen molar-refractivity contribution >= 4 is 28.8 Å². The van der Waals surface area contributed by atoms with E-state index in [0.29, 0.717) is 18.9 Å². The number of rotatable bonds is 5. The summed E-state index contributed by atoms with van der Waals surface area (Å²) in [6.45, 7) is 6.76. The number of anilines is 1. The number of nitrogens with one attached hydrogen (secondary N) is 2. The van der Waals surface area contributed by atoms with E-state index in [1.54, 1.807) is 11.3 Å². The molecule has 0 bridgehead atoms. The Kier molecular flexibility index (Phi) is 6.69. The number of fused-ring (bicyclic) bond motifs is 1. The van der Waals surface area contributed by atoms with Crippen molar-refractivity contribution in [3.8, 4) is 0 Å². The second-order valence-electron chi connectivity index (χ2n) is 8.32. The summed E-state index contributed by atoms with van der Waals surface area (Å²) in [5.74, 6) is 0.333. The minimum Gasteiger partial charge on any atom is -0.369 e. The highest BCUT2D eigenvalue weighted by molar-refractivity contribution is 7.10. The lowest BCUT2D eigenvalue weighted by atomic mass is 9.88. The number of nitrogens with zero attached hydrogens (tertiary/aromatic N) is 2. The SMILES string of the molecule is CC1CCc2c(C(=O)NNC(=O)CCN3CCN(c4ccccc4)CC3)csc2C1. The monoisotopic (exact) mass is 426 g/mol. The van der Waals surface area contributed by atoms with Gasteiger partial charge in [-0.25, -0.2) is 0 Å². The van der Waals surface area contributed by atoms with Gasteiger partial charge in [-0.1, -0.05) is 25.1 Å². The minimum atomic E-state index is -0.202. The zero-order valence-electron chi connectivity index (χ0n) is 17.5. The van der Waals surface area contributed by atoms with E-state index in [-0.39, 0.29) is 11.8 Å². The standard InChI is InChI=1S/C23H30N4O2S/c1-17-7-8-19-20(16-30-21(19)15-17)23(29)25-24-22(28)9-10-26-11-13-27(14-12-26)18-5-3-2-4-6-18/h2-6,16-17H,7-15H2,1H3,(H,24,28)(H,25,29). The average molecular weight is 427 g/mol. The summed E-state index contributed by atoms with van der Waals surface area (Å²) in [4.78, 5) is 30.7. The Morgan fingerprint density at radius 1 is 1.10 bits per heavy atom. The Morgan fingerprint density at radius 3 is 2.63 bits per heavy atom. The van der Waals surface area contributed by atoms with Crippen molar-refractivity contribution in [2.75, 3.05) is 37.6 Å². The fourth-order valence-corrected chi connectivity index (χ4v) is 5.50. The summed E-state index contributed by atoms with van der Waals surface area (Å²) in [6.07, 6.45) is 3.50. The fourth-order valence-electron chi connectivity index (χ4n) is 4.25. The predicted molar refractivity (Wildman–Crippen MR) is 121 cm³/mol. The molecule has 1 aliphatic carbocycles. The van der Waals surface area contributed by atoms with E-state index in [2.05, 4.69) is 51.8 Å². The van der Waals surface area contributed by atoms with Crippen molar-refractivity contribution in [1.82, 2.24) is 15.8 Å². The van der Waals surface area contributed by atoms with Crippen LogP contribution in [-0.2, 0) is 17.6 Å². The molecule has 2 aromatic rings. The molecule has 1 fully saturated rings. The number of benzene rings is 1. The van der Waals surface area contributed by atoms with Crippen LogP contribution in [0.25, 0.3) is 0 Å². The lowest BCUT2D eigenvalue weighted by Crippen LogP contribution is -2.48. The highest BCUT2D eigenvalue weighted by Gasteiger charge is 2.23. The van der Waals surface area contributed by atoms with Crippen LogP contribution in [0.1, 0.15) is 40.6 Å². The van der Waals surface area contributed by atoms with E-state index in [4.69, 9.17) is 0 Å². The van der Waals surface area contributed by atoms with E-state index in [9.17, 15) is 9.59 Å². The summed E-state index contributed by atoms with van der Waals surface area (Å²) in [5, 5.41) is 1.93. The number of piperazine rings is 1. The van der Waals surface area contributed by atoms with Crippen LogP contribution in [0, 0.1) is 5.92 Å². The number of para-hydroxylation sites is 1. The van der Waals surface area contributed by atoms with Crippen LogP contribution >= 0.6 is 11.3 Å². The number of amides is 2. The molecule has 1 aromatic heterocycles. The van der Waals surface area contributed by atoms with Crippen molar-refractivity contribution in [1.29, 1.82) is 0 Å². The van der Waals surface area contributed by atoms with E-state index >= 15 is 0 Å². The van der Waals surface area contributed by atoms with Crippen LogP contribution in [-0.4, -0.2) is 49.4 Å². The minimum absolute atomic E-state index is 0.147. The first-order valence-corrected chi connectivity index (χ1v) is 11.7. The largest absolute Gasteiger partial charge is 0.369 e. The van der Waals surface area contributed by atoms with Crippen LogP contribution in [0.15, 0.2) is 35.7 Å². The maximum Gasteiger partial charge on any atom is 0.270 e. The second kappa shape index (κ2) is 9.62. The Morgan fingerprint density at radius 2 is 1.87 bits per heavy atom. The zero-order chi connectivity index (χ0) is 20.9. The molecule has 0 saturated carbocycles. The highest BCUT2D eigenvalue weighted by Crippen LogP contribution is 2.32. The highest BCUT2D eigenvalue weighted by atomic mass is 32.1. The molecule has 4 rings (SSSR count). The molecule has 1 atom stereocenters. The molecule has 2 heterocycles. The van der Waals surface area contributed by atoms with E-state index < -0.39 is 0 Å². The first-order chi connectivity index (χ1) is 14.6. The summed E-state index contributed by atoms with van der Waals surface area (Å²) >= 11 is 1.66. The molecule has 1 aliphatic heterocycles. The summed E-state index contributed by atoms with van der Waals surface area (Å²) in [5.41, 5.74) is 8.34. The van der Waals surface area contributed by atoms with Crippen molar-refractivity contribution in [2.24, 2.45) is 5.92 Å². The quantitative estimate of drug-likeness (QED) is 0.722. The van der Waals surface area contributed by atoms with Gasteiger partial charge in [0.2, 0.25) is 5.91 Å². The van der Waals surface area contributed by atoms with Gasteiger partial charge in [-0.2, -0.15) is 0 Å². The average Bonchev–Trinajstić information content (AvgIpc) is 3.20. The molecular formula is C23H30N4O2S. The lowest BCUT2D eigenvalue weighted by Gasteiger charge is -2.36. The predicted octanol–water partition coefficient (Wildman–Crippen LogP) is 2.85. The van der Waals surface area contributed by atoms with Gasteiger partial charge in [0.05, 0.1) is 5.56 Å². The number of carbonyl (C=O) groups excluding carboxylic acids is 2. The lowest BCUT2D eigenvalue weighted by molar-refractivity contribution is -0.122. The number of hydrogen-bond donors (Lipinski definition) is 2. The van der Waals surface area contributed by atoms with Crippen LogP contribution in [0.4, 0.5) is 5.69 Å². The van der Waals surface area contributed by atoms with Gasteiger partial charge in [0, 0.05) is 55.1 Å². The van der Waals surface area contributed by atoms with E-state index in [1.807, 2.05) is 11.4 Å². The topological polar surface area (TPSA) is 64.7 Å². The maximum absolute atomic E-state index is 12.5. The van der Waals surface area contributed by atoms with Crippen molar-refractivity contribution in [3.05, 3.63) is 51.7 Å². The smallest absolute Gasteiger partial charge is 0.270 e. The number of thiophene rings is 1. The molecular weight excluding hydrogens is 396 g/mol. The van der Waals surface area contributed by atoms with Crippen LogP contribution < -0.4 is 15.8 Å². The molecule has 30 heavy (non-hydrogen) atoms. The molecule has 2 N–H and O–H groups in total. The molecule has 6 nitrogen and oxygen atoms in total. The summed E-state index contributed by atoms with van der Waals surface area (Å²) in [7, 11) is 0. The van der Waals surface area contributed by atoms with Gasteiger partial charge in [0.1, 0.15) is 0 Å². The summed E-state index contributed by atoms with van der Waals surface area (Å²) < 4.78 is 0. The van der Waals surface area contributed by atoms with Gasteiger partial charge in [0.25, 0.3) is 5.91 Å². The molecule has 1 aromatic carbocycles. The number of hydrazine groups is 1. The van der Waals surface area contributed by atoms with Gasteiger partial charge in [-0.15, -0.1) is 11.3 Å². The third kappa shape index (κ3) is 5.02. The van der Waals surface area contributed by atoms with Crippen LogP contribution in [0.5, 0.6) is 0 Å². The normalized spacial score (nSPS) is 19.2. The zero-order valence-corrected chi connectivity index (χ0v) is 18.3. The third-order valence-electron chi connectivity index (χ3n) is 6.11. The Hall–Kier alpha value is -2.38. The Balaban J connectivity index is 1.18.